The summed E-state index contributed by atoms with van der Waals surface area (Å²) >= 11 is 0. The maximum atomic E-state index is 13.5. The fraction of sp³-hybridized carbons (Fsp3) is 0.148. The van der Waals surface area contributed by atoms with Crippen LogP contribution >= 0.6 is 0 Å². The van der Waals surface area contributed by atoms with Crippen LogP contribution in [0.2, 0.25) is 0 Å². The van der Waals surface area contributed by atoms with Gasteiger partial charge in [0.1, 0.15) is 17.2 Å². The van der Waals surface area contributed by atoms with Gasteiger partial charge in [0.15, 0.2) is 0 Å². The van der Waals surface area contributed by atoms with Gasteiger partial charge in [-0.3, -0.25) is 9.59 Å². The second kappa shape index (κ2) is 10.1. The number of hydrogen-bond acceptors (Lipinski definition) is 5. The molecule has 0 atom stereocenters. The molecule has 35 heavy (non-hydrogen) atoms. The highest BCUT2D eigenvalue weighted by Gasteiger charge is 2.22. The Labute approximate surface area is 203 Å². The standard InChI is InChI=1S/C27H26N4O4/c1-17-10-11-19(14-24(17)28-18(2)32)29-27(33)23-16-31(20-8-6-5-7-9-20)30-26(23)22-13-12-21(34-3)15-25(22)35-4/h5-16H,1-4H3,(H,28,32)(H,29,33). The molecule has 8 heteroatoms. The average molecular weight is 471 g/mol. The molecule has 178 valence electrons. The minimum atomic E-state index is -0.349. The second-order valence-corrected chi connectivity index (χ2v) is 7.90. The molecular weight excluding hydrogens is 444 g/mol. The lowest BCUT2D eigenvalue weighted by Gasteiger charge is -2.12. The van der Waals surface area contributed by atoms with Gasteiger partial charge in [0.2, 0.25) is 5.91 Å². The molecule has 0 bridgehead atoms. The van der Waals surface area contributed by atoms with Gasteiger partial charge in [0.05, 0.1) is 25.5 Å². The van der Waals surface area contributed by atoms with E-state index >= 15 is 0 Å². The van der Waals surface area contributed by atoms with E-state index in [4.69, 9.17) is 14.6 Å². The van der Waals surface area contributed by atoms with Gasteiger partial charge >= 0.3 is 0 Å². The van der Waals surface area contributed by atoms with Crippen molar-refractivity contribution in [2.45, 2.75) is 13.8 Å². The molecule has 3 aromatic carbocycles. The Morgan fingerprint density at radius 2 is 1.69 bits per heavy atom. The third-order valence-electron chi connectivity index (χ3n) is 5.45. The van der Waals surface area contributed by atoms with E-state index in [2.05, 4.69) is 10.6 Å². The number of carbonyl (C=O) groups excluding carboxylic acids is 2. The van der Waals surface area contributed by atoms with Crippen molar-refractivity contribution in [3.8, 4) is 28.4 Å². The van der Waals surface area contributed by atoms with Crippen LogP contribution in [-0.2, 0) is 4.79 Å². The zero-order chi connectivity index (χ0) is 24.9. The Hall–Kier alpha value is -4.59. The van der Waals surface area contributed by atoms with Crippen molar-refractivity contribution in [1.29, 1.82) is 0 Å². The van der Waals surface area contributed by atoms with Crippen LogP contribution in [0.3, 0.4) is 0 Å². The van der Waals surface area contributed by atoms with Crippen LogP contribution in [-0.4, -0.2) is 35.8 Å². The number of aryl methyl sites for hydroxylation is 1. The molecule has 0 spiro atoms. The van der Waals surface area contributed by atoms with Crippen LogP contribution in [0.5, 0.6) is 11.5 Å². The van der Waals surface area contributed by atoms with Crippen molar-refractivity contribution >= 4 is 23.2 Å². The Kier molecular flexibility index (Phi) is 6.82. The predicted molar refractivity (Wildman–Crippen MR) is 136 cm³/mol. The number of benzene rings is 3. The molecule has 1 aromatic heterocycles. The Morgan fingerprint density at radius 1 is 0.914 bits per heavy atom. The topological polar surface area (TPSA) is 94.5 Å². The number of para-hydroxylation sites is 1. The maximum absolute atomic E-state index is 13.5. The van der Waals surface area contributed by atoms with Crippen molar-refractivity contribution in [3.05, 3.63) is 84.1 Å². The SMILES string of the molecule is COc1ccc(-c2nn(-c3ccccc3)cc2C(=O)Nc2ccc(C)c(NC(C)=O)c2)c(OC)c1. The Balaban J connectivity index is 1.77. The van der Waals surface area contributed by atoms with E-state index in [1.165, 1.54) is 6.92 Å². The lowest BCUT2D eigenvalue weighted by atomic mass is 10.1. The van der Waals surface area contributed by atoms with E-state index in [1.807, 2.05) is 49.4 Å². The van der Waals surface area contributed by atoms with Crippen molar-refractivity contribution < 1.29 is 19.1 Å². The molecule has 0 unspecified atom stereocenters. The quantitative estimate of drug-likeness (QED) is 0.393. The zero-order valence-electron chi connectivity index (χ0n) is 20.0. The first-order valence-electron chi connectivity index (χ1n) is 11.0. The Morgan fingerprint density at radius 3 is 2.37 bits per heavy atom. The molecule has 2 amide bonds. The number of anilines is 2. The predicted octanol–water partition coefficient (Wildman–Crippen LogP) is 5.08. The molecule has 0 aliphatic carbocycles. The fourth-order valence-corrected chi connectivity index (χ4v) is 3.67. The van der Waals surface area contributed by atoms with E-state index in [9.17, 15) is 9.59 Å². The first kappa shape index (κ1) is 23.6. The van der Waals surface area contributed by atoms with E-state index in [0.717, 1.165) is 11.3 Å². The maximum Gasteiger partial charge on any atom is 0.259 e. The molecular formula is C27H26N4O4. The minimum Gasteiger partial charge on any atom is -0.497 e. The number of methoxy groups -OCH3 is 2. The molecule has 4 rings (SSSR count). The van der Waals surface area contributed by atoms with Gasteiger partial charge in [-0.1, -0.05) is 24.3 Å². The van der Waals surface area contributed by atoms with Crippen LogP contribution in [0.4, 0.5) is 11.4 Å². The van der Waals surface area contributed by atoms with Gasteiger partial charge < -0.3 is 20.1 Å². The molecule has 2 N–H and O–H groups in total. The highest BCUT2D eigenvalue weighted by atomic mass is 16.5. The monoisotopic (exact) mass is 470 g/mol. The minimum absolute atomic E-state index is 0.186. The van der Waals surface area contributed by atoms with Crippen molar-refractivity contribution in [3.63, 3.8) is 0 Å². The van der Waals surface area contributed by atoms with E-state index in [1.54, 1.807) is 49.4 Å². The third-order valence-corrected chi connectivity index (χ3v) is 5.45. The van der Waals surface area contributed by atoms with Crippen molar-refractivity contribution in [1.82, 2.24) is 9.78 Å². The van der Waals surface area contributed by atoms with Gasteiger partial charge in [0.25, 0.3) is 5.91 Å². The molecule has 0 saturated heterocycles. The summed E-state index contributed by atoms with van der Waals surface area (Å²) in [6, 6.07) is 20.2. The summed E-state index contributed by atoms with van der Waals surface area (Å²) in [6.07, 6.45) is 1.69. The third kappa shape index (κ3) is 5.16. The summed E-state index contributed by atoms with van der Waals surface area (Å²) in [5, 5.41) is 10.4. The lowest BCUT2D eigenvalue weighted by molar-refractivity contribution is -0.114. The number of rotatable bonds is 7. The van der Waals surface area contributed by atoms with E-state index < -0.39 is 0 Å². The molecule has 0 fully saturated rings. The van der Waals surface area contributed by atoms with E-state index in [-0.39, 0.29) is 11.8 Å². The molecule has 8 nitrogen and oxygen atoms in total. The molecule has 4 aromatic rings. The lowest BCUT2D eigenvalue weighted by Crippen LogP contribution is -2.13. The molecule has 0 aliphatic rings. The summed E-state index contributed by atoms with van der Waals surface area (Å²) in [4.78, 5) is 25.0. The molecule has 0 saturated carbocycles. The molecule has 1 heterocycles. The van der Waals surface area contributed by atoms with Crippen LogP contribution in [0, 0.1) is 6.92 Å². The van der Waals surface area contributed by atoms with Gasteiger partial charge in [0, 0.05) is 36.1 Å². The van der Waals surface area contributed by atoms with Crippen molar-refractivity contribution in [2.75, 3.05) is 24.9 Å². The largest absolute Gasteiger partial charge is 0.497 e. The number of ether oxygens (including phenoxy) is 2. The number of hydrogen-bond donors (Lipinski definition) is 2. The first-order valence-corrected chi connectivity index (χ1v) is 11.0. The number of aromatic nitrogens is 2. The summed E-state index contributed by atoms with van der Waals surface area (Å²) in [7, 11) is 3.14. The summed E-state index contributed by atoms with van der Waals surface area (Å²) in [6.45, 7) is 3.33. The summed E-state index contributed by atoms with van der Waals surface area (Å²) in [5.41, 5.74) is 4.34. The van der Waals surface area contributed by atoms with Gasteiger partial charge in [-0.05, 0) is 48.9 Å². The van der Waals surface area contributed by atoms with Crippen LogP contribution in [0.1, 0.15) is 22.8 Å². The Bertz CT molecular complexity index is 1380. The first-order chi connectivity index (χ1) is 16.9. The smallest absolute Gasteiger partial charge is 0.259 e. The normalized spacial score (nSPS) is 10.5. The summed E-state index contributed by atoms with van der Waals surface area (Å²) in [5.74, 6) is 0.622. The zero-order valence-corrected chi connectivity index (χ0v) is 20.0. The second-order valence-electron chi connectivity index (χ2n) is 7.90. The summed E-state index contributed by atoms with van der Waals surface area (Å²) < 4.78 is 12.5. The average Bonchev–Trinajstić information content (AvgIpc) is 3.31. The van der Waals surface area contributed by atoms with Crippen LogP contribution in [0.25, 0.3) is 16.9 Å². The highest BCUT2D eigenvalue weighted by molar-refractivity contribution is 6.08. The van der Waals surface area contributed by atoms with Crippen molar-refractivity contribution in [2.24, 2.45) is 0 Å². The van der Waals surface area contributed by atoms with E-state index in [0.29, 0.717) is 39.7 Å². The van der Waals surface area contributed by atoms with Gasteiger partial charge in [-0.15, -0.1) is 0 Å². The fourth-order valence-electron chi connectivity index (χ4n) is 3.67. The highest BCUT2D eigenvalue weighted by Crippen LogP contribution is 2.35. The number of nitrogens with one attached hydrogen (secondary N) is 2. The number of amides is 2. The number of carbonyl (C=O) groups is 2. The van der Waals surface area contributed by atoms with Crippen LogP contribution < -0.4 is 20.1 Å². The number of nitrogens with zero attached hydrogens (tertiary/aromatic N) is 2. The molecule has 0 radical (unpaired) electrons. The van der Waals surface area contributed by atoms with Crippen LogP contribution in [0.15, 0.2) is 72.9 Å². The molecule has 0 aliphatic heterocycles. The van der Waals surface area contributed by atoms with Gasteiger partial charge in [-0.2, -0.15) is 5.10 Å². The van der Waals surface area contributed by atoms with Gasteiger partial charge in [-0.25, -0.2) is 4.68 Å².